The lowest BCUT2D eigenvalue weighted by molar-refractivity contribution is -0.135. The minimum Gasteiger partial charge on any atom is -0.508 e. The van der Waals surface area contributed by atoms with Crippen LogP contribution in [0.2, 0.25) is 0 Å². The van der Waals surface area contributed by atoms with Crippen molar-refractivity contribution in [2.45, 2.75) is 12.3 Å². The maximum Gasteiger partial charge on any atom is 0.312 e. The van der Waals surface area contributed by atoms with Crippen molar-refractivity contribution in [2.75, 3.05) is 13.2 Å². The Morgan fingerprint density at radius 3 is 2.55 bits per heavy atom. The third kappa shape index (κ3) is 3.29. The van der Waals surface area contributed by atoms with Gasteiger partial charge in [-0.05, 0) is 53.6 Å². The highest BCUT2D eigenvalue weighted by molar-refractivity contribution is 6.15. The predicted molar refractivity (Wildman–Crippen MR) is 117 cm³/mol. The molecule has 3 aliphatic rings. The first-order valence-corrected chi connectivity index (χ1v) is 10.6. The molecule has 7 heteroatoms. The molecule has 1 N–H and O–H groups in total. The first-order valence-electron chi connectivity index (χ1n) is 10.6. The largest absolute Gasteiger partial charge is 0.508 e. The van der Waals surface area contributed by atoms with Gasteiger partial charge in [-0.3, -0.25) is 9.59 Å². The van der Waals surface area contributed by atoms with Gasteiger partial charge in [-0.25, -0.2) is 0 Å². The Balaban J connectivity index is 1.42. The summed E-state index contributed by atoms with van der Waals surface area (Å²) in [6, 6.07) is 15.4. The average molecular weight is 442 g/mol. The van der Waals surface area contributed by atoms with E-state index < -0.39 is 5.92 Å². The second kappa shape index (κ2) is 7.41. The van der Waals surface area contributed by atoms with Crippen LogP contribution < -0.4 is 18.9 Å². The number of hydrogen-bond acceptors (Lipinski definition) is 7. The molecule has 164 valence electrons. The zero-order valence-electron chi connectivity index (χ0n) is 17.4. The van der Waals surface area contributed by atoms with Gasteiger partial charge in [0.2, 0.25) is 5.78 Å². The van der Waals surface area contributed by atoms with Gasteiger partial charge in [-0.15, -0.1) is 0 Å². The summed E-state index contributed by atoms with van der Waals surface area (Å²) in [6.45, 7) is 0.968. The summed E-state index contributed by atoms with van der Waals surface area (Å²) in [6.07, 6.45) is 1.73. The third-order valence-corrected chi connectivity index (χ3v) is 5.92. The van der Waals surface area contributed by atoms with Crippen LogP contribution in [0.25, 0.3) is 6.08 Å². The standard InChI is InChI=1S/C26H18O7/c27-16-3-1-2-15(12-16)18-13-23(28)32-20-7-5-17-25(29)22(33-26(17)24(18)20)11-14-4-6-19-21(10-14)31-9-8-30-19/h1-7,10-12,18,27H,8-9,13H2. The van der Waals surface area contributed by atoms with E-state index in [4.69, 9.17) is 18.9 Å². The molecule has 0 radical (unpaired) electrons. The van der Waals surface area contributed by atoms with Crippen molar-refractivity contribution < 1.29 is 33.6 Å². The van der Waals surface area contributed by atoms with E-state index in [1.165, 1.54) is 0 Å². The van der Waals surface area contributed by atoms with Gasteiger partial charge in [0.05, 0.1) is 12.0 Å². The molecule has 3 aliphatic heterocycles. The lowest BCUT2D eigenvalue weighted by atomic mass is 9.84. The second-order valence-electron chi connectivity index (χ2n) is 8.02. The highest BCUT2D eigenvalue weighted by Crippen LogP contribution is 2.49. The van der Waals surface area contributed by atoms with Crippen molar-refractivity contribution >= 4 is 17.8 Å². The quantitative estimate of drug-likeness (QED) is 0.361. The van der Waals surface area contributed by atoms with E-state index >= 15 is 0 Å². The van der Waals surface area contributed by atoms with Crippen LogP contribution >= 0.6 is 0 Å². The molecule has 0 aliphatic carbocycles. The van der Waals surface area contributed by atoms with Crippen molar-refractivity contribution in [2.24, 2.45) is 0 Å². The number of phenols is 1. The number of ketones is 1. The number of Topliss-reactive ketones (excluding diaryl/α,β-unsaturated/α-hetero) is 1. The number of hydrogen-bond donors (Lipinski definition) is 1. The summed E-state index contributed by atoms with van der Waals surface area (Å²) < 4.78 is 22.7. The van der Waals surface area contributed by atoms with Crippen molar-refractivity contribution in [3.8, 4) is 28.7 Å². The minimum absolute atomic E-state index is 0.0751. The van der Waals surface area contributed by atoms with Crippen molar-refractivity contribution in [3.63, 3.8) is 0 Å². The molecule has 3 heterocycles. The van der Waals surface area contributed by atoms with E-state index in [1.54, 1.807) is 48.5 Å². The molecule has 6 rings (SSSR count). The summed E-state index contributed by atoms with van der Waals surface area (Å²) >= 11 is 0. The molecule has 33 heavy (non-hydrogen) atoms. The Morgan fingerprint density at radius 2 is 1.70 bits per heavy atom. The zero-order valence-corrected chi connectivity index (χ0v) is 17.4. The van der Waals surface area contributed by atoms with Gasteiger partial charge < -0.3 is 24.1 Å². The molecule has 0 saturated carbocycles. The highest BCUT2D eigenvalue weighted by Gasteiger charge is 2.38. The Labute approximate surface area is 188 Å². The molecule has 0 saturated heterocycles. The maximum absolute atomic E-state index is 13.1. The molecule has 0 amide bonds. The smallest absolute Gasteiger partial charge is 0.312 e. The van der Waals surface area contributed by atoms with E-state index in [0.29, 0.717) is 47.3 Å². The molecule has 3 aromatic carbocycles. The van der Waals surface area contributed by atoms with Gasteiger partial charge in [0.1, 0.15) is 30.5 Å². The average Bonchev–Trinajstić information content (AvgIpc) is 3.13. The fourth-order valence-corrected chi connectivity index (χ4v) is 4.43. The van der Waals surface area contributed by atoms with Crippen LogP contribution in [0.5, 0.6) is 28.7 Å². The minimum atomic E-state index is -0.412. The SMILES string of the molecule is O=C1CC(c2cccc(O)c2)c2c(ccc3c2OC(=Cc2ccc4c(c2)OCCO4)C3=O)O1. The molecule has 7 nitrogen and oxygen atoms in total. The summed E-state index contributed by atoms with van der Waals surface area (Å²) in [5.74, 6) is 1.22. The fourth-order valence-electron chi connectivity index (χ4n) is 4.43. The second-order valence-corrected chi connectivity index (χ2v) is 8.02. The Kier molecular flexibility index (Phi) is 4.36. The number of fused-ring (bicyclic) bond motifs is 4. The van der Waals surface area contributed by atoms with E-state index in [1.807, 2.05) is 12.1 Å². The maximum atomic E-state index is 13.1. The van der Waals surface area contributed by atoms with Crippen LogP contribution in [-0.2, 0) is 4.79 Å². The van der Waals surface area contributed by atoms with Crippen LogP contribution in [0.3, 0.4) is 0 Å². The molecule has 1 unspecified atom stereocenters. The van der Waals surface area contributed by atoms with Crippen molar-refractivity contribution in [1.29, 1.82) is 0 Å². The highest BCUT2D eigenvalue weighted by atomic mass is 16.6. The Morgan fingerprint density at radius 1 is 0.879 bits per heavy atom. The first kappa shape index (κ1) is 19.4. The summed E-state index contributed by atoms with van der Waals surface area (Å²) in [5.41, 5.74) is 2.50. The van der Waals surface area contributed by atoms with Gasteiger partial charge in [0, 0.05) is 11.5 Å². The Bertz CT molecular complexity index is 1350. The van der Waals surface area contributed by atoms with E-state index in [0.717, 1.165) is 11.1 Å². The number of allylic oxidation sites excluding steroid dienone is 1. The van der Waals surface area contributed by atoms with Gasteiger partial charge in [-0.2, -0.15) is 0 Å². The lowest BCUT2D eigenvalue weighted by Gasteiger charge is -2.26. The molecule has 1 atom stereocenters. The molecule has 0 aromatic heterocycles. The number of phenolic OH excluding ortho intramolecular Hbond substituents is 1. The number of esters is 1. The third-order valence-electron chi connectivity index (χ3n) is 5.92. The first-order chi connectivity index (χ1) is 16.1. The summed E-state index contributed by atoms with van der Waals surface area (Å²) in [5, 5.41) is 9.95. The van der Waals surface area contributed by atoms with Gasteiger partial charge >= 0.3 is 5.97 Å². The summed E-state index contributed by atoms with van der Waals surface area (Å²) in [7, 11) is 0. The van der Waals surface area contributed by atoms with Crippen molar-refractivity contribution in [1.82, 2.24) is 0 Å². The van der Waals surface area contributed by atoms with Crippen LogP contribution in [0.4, 0.5) is 0 Å². The fraction of sp³-hybridized carbons (Fsp3) is 0.154. The summed E-state index contributed by atoms with van der Waals surface area (Å²) in [4.78, 5) is 25.4. The van der Waals surface area contributed by atoms with Crippen LogP contribution in [0.15, 0.2) is 60.4 Å². The lowest BCUT2D eigenvalue weighted by Crippen LogP contribution is -2.21. The van der Waals surface area contributed by atoms with E-state index in [9.17, 15) is 14.7 Å². The van der Waals surface area contributed by atoms with E-state index in [-0.39, 0.29) is 29.7 Å². The monoisotopic (exact) mass is 442 g/mol. The molecule has 0 fully saturated rings. The molecular formula is C26H18O7. The molecule has 3 aromatic rings. The molecular weight excluding hydrogens is 424 g/mol. The molecule has 0 bridgehead atoms. The van der Waals surface area contributed by atoms with Crippen LogP contribution in [0, 0.1) is 0 Å². The van der Waals surface area contributed by atoms with Gasteiger partial charge in [-0.1, -0.05) is 18.2 Å². The van der Waals surface area contributed by atoms with Crippen LogP contribution in [0.1, 0.15) is 39.4 Å². The van der Waals surface area contributed by atoms with Gasteiger partial charge in [0.25, 0.3) is 0 Å². The van der Waals surface area contributed by atoms with Crippen molar-refractivity contribution in [3.05, 3.63) is 82.6 Å². The topological polar surface area (TPSA) is 91.3 Å². The predicted octanol–water partition coefficient (Wildman–Crippen LogP) is 4.22. The van der Waals surface area contributed by atoms with Crippen LogP contribution in [-0.4, -0.2) is 30.1 Å². The molecule has 0 spiro atoms. The van der Waals surface area contributed by atoms with E-state index in [2.05, 4.69) is 0 Å². The Hall–Kier alpha value is -4.26. The van der Waals surface area contributed by atoms with Gasteiger partial charge in [0.15, 0.2) is 17.3 Å². The number of carbonyl (C=O) groups excluding carboxylic acids is 2. The normalized spacial score (nSPS) is 19.5. The number of benzene rings is 3. The zero-order chi connectivity index (χ0) is 22.5. The number of ether oxygens (including phenoxy) is 4. The number of rotatable bonds is 2. The number of carbonyl (C=O) groups is 2. The number of aromatic hydroxyl groups is 1.